The SMILES string of the molecule is OCc1cccc(CCN2CCCC2)c1O. The first-order valence-electron chi connectivity index (χ1n) is 5.94. The number of aliphatic hydroxyl groups is 1. The van der Waals surface area contributed by atoms with Gasteiger partial charge in [-0.25, -0.2) is 0 Å². The highest BCUT2D eigenvalue weighted by Gasteiger charge is 2.12. The average Bonchev–Trinajstić information content (AvgIpc) is 2.81. The van der Waals surface area contributed by atoms with E-state index in [1.165, 1.54) is 25.9 Å². The number of aromatic hydroxyl groups is 1. The first-order chi connectivity index (χ1) is 7.81. The minimum atomic E-state index is -0.0939. The standard InChI is InChI=1S/C13H19NO2/c15-10-12-5-3-4-11(13(12)16)6-9-14-7-1-2-8-14/h3-5,15-16H,1-2,6-10H2. The fourth-order valence-electron chi connectivity index (χ4n) is 2.26. The summed E-state index contributed by atoms with van der Waals surface area (Å²) in [5.41, 5.74) is 1.57. The number of benzene rings is 1. The van der Waals surface area contributed by atoms with Crippen LogP contribution in [0, 0.1) is 0 Å². The Hall–Kier alpha value is -1.06. The molecule has 2 rings (SSSR count). The summed E-state index contributed by atoms with van der Waals surface area (Å²) in [6.07, 6.45) is 3.45. The Balaban J connectivity index is 1.97. The molecule has 88 valence electrons. The smallest absolute Gasteiger partial charge is 0.124 e. The number of likely N-dealkylation sites (tertiary alicyclic amines) is 1. The van der Waals surface area contributed by atoms with Gasteiger partial charge in [0, 0.05) is 12.1 Å². The van der Waals surface area contributed by atoms with Crippen molar-refractivity contribution in [1.82, 2.24) is 4.90 Å². The molecule has 3 heteroatoms. The summed E-state index contributed by atoms with van der Waals surface area (Å²) in [6, 6.07) is 5.59. The molecular formula is C13H19NO2. The van der Waals surface area contributed by atoms with Gasteiger partial charge in [0.15, 0.2) is 0 Å². The van der Waals surface area contributed by atoms with Crippen molar-refractivity contribution in [3.63, 3.8) is 0 Å². The van der Waals surface area contributed by atoms with Crippen LogP contribution in [0.1, 0.15) is 24.0 Å². The molecule has 0 unspecified atom stereocenters. The van der Waals surface area contributed by atoms with Gasteiger partial charge in [-0.3, -0.25) is 0 Å². The fraction of sp³-hybridized carbons (Fsp3) is 0.538. The zero-order chi connectivity index (χ0) is 11.4. The first kappa shape index (κ1) is 11.4. The maximum Gasteiger partial charge on any atom is 0.124 e. The fourth-order valence-corrected chi connectivity index (χ4v) is 2.26. The van der Waals surface area contributed by atoms with Crippen molar-refractivity contribution in [3.8, 4) is 5.75 Å². The summed E-state index contributed by atoms with van der Waals surface area (Å²) >= 11 is 0. The third-order valence-electron chi connectivity index (χ3n) is 3.27. The zero-order valence-electron chi connectivity index (χ0n) is 9.52. The molecule has 0 radical (unpaired) electrons. The van der Waals surface area contributed by atoms with Crippen LogP contribution >= 0.6 is 0 Å². The van der Waals surface area contributed by atoms with Gasteiger partial charge in [-0.15, -0.1) is 0 Å². The Kier molecular flexibility index (Phi) is 3.80. The van der Waals surface area contributed by atoms with Gasteiger partial charge in [0.05, 0.1) is 6.61 Å². The zero-order valence-corrected chi connectivity index (χ0v) is 9.52. The molecule has 0 bridgehead atoms. The van der Waals surface area contributed by atoms with E-state index < -0.39 is 0 Å². The van der Waals surface area contributed by atoms with E-state index in [1.54, 1.807) is 6.07 Å². The minimum absolute atomic E-state index is 0.0939. The van der Waals surface area contributed by atoms with E-state index in [9.17, 15) is 5.11 Å². The van der Waals surface area contributed by atoms with Crippen molar-refractivity contribution in [2.45, 2.75) is 25.9 Å². The number of rotatable bonds is 4. The molecule has 16 heavy (non-hydrogen) atoms. The molecule has 2 N–H and O–H groups in total. The molecule has 1 aromatic carbocycles. The van der Waals surface area contributed by atoms with Crippen molar-refractivity contribution >= 4 is 0 Å². The monoisotopic (exact) mass is 221 g/mol. The second-order valence-electron chi connectivity index (χ2n) is 4.38. The van der Waals surface area contributed by atoms with Crippen LogP contribution in [0.3, 0.4) is 0 Å². The Bertz CT molecular complexity index is 346. The molecule has 1 fully saturated rings. The Morgan fingerprint density at radius 2 is 1.81 bits per heavy atom. The number of phenols is 1. The lowest BCUT2D eigenvalue weighted by Crippen LogP contribution is -2.22. The molecule has 1 saturated heterocycles. The molecule has 1 aliphatic rings. The Morgan fingerprint density at radius 3 is 2.50 bits per heavy atom. The van der Waals surface area contributed by atoms with E-state index in [-0.39, 0.29) is 12.4 Å². The maximum atomic E-state index is 9.88. The highest BCUT2D eigenvalue weighted by Crippen LogP contribution is 2.23. The summed E-state index contributed by atoms with van der Waals surface area (Å²) in [5, 5.41) is 18.9. The first-order valence-corrected chi connectivity index (χ1v) is 5.94. The lowest BCUT2D eigenvalue weighted by molar-refractivity contribution is 0.274. The van der Waals surface area contributed by atoms with Crippen LogP contribution in [0.25, 0.3) is 0 Å². The van der Waals surface area contributed by atoms with Crippen molar-refractivity contribution in [2.75, 3.05) is 19.6 Å². The lowest BCUT2D eigenvalue weighted by atomic mass is 10.1. The molecule has 1 aliphatic heterocycles. The number of para-hydroxylation sites is 1. The largest absolute Gasteiger partial charge is 0.507 e. The van der Waals surface area contributed by atoms with E-state index in [0.29, 0.717) is 5.56 Å². The van der Waals surface area contributed by atoms with Gasteiger partial charge in [0.25, 0.3) is 0 Å². The third kappa shape index (κ3) is 2.54. The molecule has 1 aromatic rings. The highest BCUT2D eigenvalue weighted by molar-refractivity contribution is 5.40. The summed E-state index contributed by atoms with van der Waals surface area (Å²) in [5.74, 6) is 0.268. The summed E-state index contributed by atoms with van der Waals surface area (Å²) in [7, 11) is 0. The number of nitrogens with zero attached hydrogens (tertiary/aromatic N) is 1. The molecule has 0 aromatic heterocycles. The molecule has 0 amide bonds. The summed E-state index contributed by atoms with van der Waals surface area (Å²) in [6.45, 7) is 3.27. The Labute approximate surface area is 96.3 Å². The molecule has 0 spiro atoms. The van der Waals surface area contributed by atoms with Crippen LogP contribution in [0.5, 0.6) is 5.75 Å². The van der Waals surface area contributed by atoms with Gasteiger partial charge in [-0.05, 0) is 37.9 Å². The third-order valence-corrected chi connectivity index (χ3v) is 3.27. The lowest BCUT2D eigenvalue weighted by Gasteiger charge is -2.15. The molecule has 0 saturated carbocycles. The molecule has 3 nitrogen and oxygen atoms in total. The average molecular weight is 221 g/mol. The van der Waals surface area contributed by atoms with Crippen LogP contribution in [-0.2, 0) is 13.0 Å². The van der Waals surface area contributed by atoms with E-state index in [0.717, 1.165) is 18.5 Å². The van der Waals surface area contributed by atoms with Crippen molar-refractivity contribution in [2.24, 2.45) is 0 Å². The normalized spacial score (nSPS) is 16.8. The Morgan fingerprint density at radius 1 is 1.12 bits per heavy atom. The predicted octanol–water partition coefficient (Wildman–Crippen LogP) is 1.52. The van der Waals surface area contributed by atoms with Crippen molar-refractivity contribution in [1.29, 1.82) is 0 Å². The molecular weight excluding hydrogens is 202 g/mol. The van der Waals surface area contributed by atoms with Crippen LogP contribution in [0.2, 0.25) is 0 Å². The maximum absolute atomic E-state index is 9.88. The quantitative estimate of drug-likeness (QED) is 0.810. The van der Waals surface area contributed by atoms with Gasteiger partial charge >= 0.3 is 0 Å². The number of hydrogen-bond donors (Lipinski definition) is 2. The number of hydrogen-bond acceptors (Lipinski definition) is 3. The van der Waals surface area contributed by atoms with Gasteiger partial charge in [0.1, 0.15) is 5.75 Å². The molecule has 0 aliphatic carbocycles. The second-order valence-corrected chi connectivity index (χ2v) is 4.38. The van der Waals surface area contributed by atoms with E-state index >= 15 is 0 Å². The number of aliphatic hydroxyl groups excluding tert-OH is 1. The van der Waals surface area contributed by atoms with Crippen LogP contribution in [0.4, 0.5) is 0 Å². The van der Waals surface area contributed by atoms with E-state index in [1.807, 2.05) is 12.1 Å². The second kappa shape index (κ2) is 5.32. The topological polar surface area (TPSA) is 43.7 Å². The van der Waals surface area contributed by atoms with Crippen LogP contribution in [-0.4, -0.2) is 34.7 Å². The van der Waals surface area contributed by atoms with Gasteiger partial charge < -0.3 is 15.1 Å². The minimum Gasteiger partial charge on any atom is -0.507 e. The molecule has 0 atom stereocenters. The molecule has 1 heterocycles. The van der Waals surface area contributed by atoms with Crippen LogP contribution in [0.15, 0.2) is 18.2 Å². The van der Waals surface area contributed by atoms with Gasteiger partial charge in [0.2, 0.25) is 0 Å². The summed E-state index contributed by atoms with van der Waals surface area (Å²) in [4.78, 5) is 2.42. The highest BCUT2D eigenvalue weighted by atomic mass is 16.3. The van der Waals surface area contributed by atoms with Crippen molar-refractivity contribution in [3.05, 3.63) is 29.3 Å². The van der Waals surface area contributed by atoms with E-state index in [4.69, 9.17) is 5.11 Å². The van der Waals surface area contributed by atoms with E-state index in [2.05, 4.69) is 4.90 Å². The van der Waals surface area contributed by atoms with Crippen LogP contribution < -0.4 is 0 Å². The van der Waals surface area contributed by atoms with Gasteiger partial charge in [-0.1, -0.05) is 18.2 Å². The predicted molar refractivity (Wildman–Crippen MR) is 63.4 cm³/mol. The summed E-state index contributed by atoms with van der Waals surface area (Å²) < 4.78 is 0. The van der Waals surface area contributed by atoms with Gasteiger partial charge in [-0.2, -0.15) is 0 Å². The van der Waals surface area contributed by atoms with Crippen molar-refractivity contribution < 1.29 is 10.2 Å².